The number of hydrogen-bond acceptors (Lipinski definition) is 4. The van der Waals surface area contributed by atoms with Gasteiger partial charge in [-0.2, -0.15) is 0 Å². The first kappa shape index (κ1) is 20.6. The molecule has 1 atom stereocenters. The highest BCUT2D eigenvalue weighted by Gasteiger charge is 2.22. The second-order valence-corrected chi connectivity index (χ2v) is 6.35. The number of nitrogens with one attached hydrogen (secondary N) is 1. The standard InChI is InChI=1S/C20H19ClFNO4/c1-3-4-18(24)23-15-8-5-13(6-9-15)19(25)12(2)27-20(26)16-10-7-14(21)11-17(16)22/h5-12H,3-4H2,1-2H3,(H,23,24)/t12-/m1/s1. The largest absolute Gasteiger partial charge is 0.451 e. The van der Waals surface area contributed by atoms with Crippen molar-refractivity contribution >= 4 is 34.9 Å². The molecule has 0 heterocycles. The molecule has 7 heteroatoms. The Labute approximate surface area is 161 Å². The Morgan fingerprint density at radius 3 is 2.41 bits per heavy atom. The van der Waals surface area contributed by atoms with Gasteiger partial charge in [-0.05, 0) is 55.8 Å². The van der Waals surface area contributed by atoms with Crippen molar-refractivity contribution in [3.63, 3.8) is 0 Å². The van der Waals surface area contributed by atoms with E-state index in [2.05, 4.69) is 5.32 Å². The van der Waals surface area contributed by atoms with Gasteiger partial charge in [0.25, 0.3) is 0 Å². The Hall–Kier alpha value is -2.73. The lowest BCUT2D eigenvalue weighted by Crippen LogP contribution is -2.25. The van der Waals surface area contributed by atoms with Gasteiger partial charge in [0, 0.05) is 22.7 Å². The van der Waals surface area contributed by atoms with E-state index in [1.807, 2.05) is 6.92 Å². The molecule has 0 aliphatic heterocycles. The summed E-state index contributed by atoms with van der Waals surface area (Å²) in [6, 6.07) is 9.79. The smallest absolute Gasteiger partial charge is 0.341 e. The summed E-state index contributed by atoms with van der Waals surface area (Å²) >= 11 is 5.65. The molecule has 0 radical (unpaired) electrons. The molecule has 0 aliphatic rings. The minimum Gasteiger partial charge on any atom is -0.451 e. The lowest BCUT2D eigenvalue weighted by atomic mass is 10.1. The molecule has 0 aliphatic carbocycles. The third-order valence-electron chi connectivity index (χ3n) is 3.73. The van der Waals surface area contributed by atoms with E-state index in [9.17, 15) is 18.8 Å². The number of carbonyl (C=O) groups excluding carboxylic acids is 3. The molecule has 1 amide bonds. The van der Waals surface area contributed by atoms with Crippen LogP contribution in [-0.2, 0) is 9.53 Å². The molecule has 27 heavy (non-hydrogen) atoms. The van der Waals surface area contributed by atoms with Crippen LogP contribution in [0.1, 0.15) is 47.4 Å². The molecule has 0 aromatic heterocycles. The predicted octanol–water partition coefficient (Wildman–Crippen LogP) is 4.65. The number of amides is 1. The fourth-order valence-corrected chi connectivity index (χ4v) is 2.49. The zero-order chi connectivity index (χ0) is 20.0. The minimum absolute atomic E-state index is 0.108. The lowest BCUT2D eigenvalue weighted by molar-refractivity contribution is -0.116. The Bertz CT molecular complexity index is 852. The summed E-state index contributed by atoms with van der Waals surface area (Å²) < 4.78 is 18.8. The van der Waals surface area contributed by atoms with Crippen LogP contribution >= 0.6 is 11.6 Å². The molecule has 5 nitrogen and oxygen atoms in total. The summed E-state index contributed by atoms with van der Waals surface area (Å²) in [5, 5.41) is 2.87. The highest BCUT2D eigenvalue weighted by molar-refractivity contribution is 6.30. The van der Waals surface area contributed by atoms with Crippen molar-refractivity contribution in [3.8, 4) is 0 Å². The number of rotatable bonds is 7. The molecule has 1 N–H and O–H groups in total. The molecule has 2 rings (SSSR count). The van der Waals surface area contributed by atoms with Crippen LogP contribution in [0, 0.1) is 5.82 Å². The third kappa shape index (κ3) is 5.62. The second-order valence-electron chi connectivity index (χ2n) is 5.91. The third-order valence-corrected chi connectivity index (χ3v) is 3.97. The Balaban J connectivity index is 2.02. The zero-order valence-corrected chi connectivity index (χ0v) is 15.7. The minimum atomic E-state index is -1.10. The van der Waals surface area contributed by atoms with Crippen LogP contribution in [-0.4, -0.2) is 23.8 Å². The lowest BCUT2D eigenvalue weighted by Gasteiger charge is -2.13. The van der Waals surface area contributed by atoms with E-state index in [4.69, 9.17) is 16.3 Å². The molecular weight excluding hydrogens is 373 g/mol. The summed E-state index contributed by atoms with van der Waals surface area (Å²) in [5.74, 6) is -2.32. The molecule has 0 saturated carbocycles. The number of halogens is 2. The van der Waals surface area contributed by atoms with E-state index in [1.165, 1.54) is 31.2 Å². The maximum atomic E-state index is 13.8. The zero-order valence-electron chi connectivity index (χ0n) is 14.9. The van der Waals surface area contributed by atoms with Crippen molar-refractivity contribution in [2.75, 3.05) is 5.32 Å². The van der Waals surface area contributed by atoms with Gasteiger partial charge < -0.3 is 10.1 Å². The number of benzene rings is 2. The average molecular weight is 392 g/mol. The summed E-state index contributed by atoms with van der Waals surface area (Å²) in [4.78, 5) is 36.0. The first-order valence-electron chi connectivity index (χ1n) is 8.42. The highest BCUT2D eigenvalue weighted by Crippen LogP contribution is 2.18. The number of anilines is 1. The molecule has 0 saturated heterocycles. The van der Waals surface area contributed by atoms with Gasteiger partial charge in [0.15, 0.2) is 6.10 Å². The fraction of sp³-hybridized carbons (Fsp3) is 0.250. The van der Waals surface area contributed by atoms with Crippen LogP contribution in [0.2, 0.25) is 5.02 Å². The van der Waals surface area contributed by atoms with Crippen LogP contribution in [0.3, 0.4) is 0 Å². The topological polar surface area (TPSA) is 72.5 Å². The number of Topliss-reactive ketones (excluding diaryl/α,β-unsaturated/α-hetero) is 1. The quantitative estimate of drug-likeness (QED) is 0.551. The highest BCUT2D eigenvalue weighted by atomic mass is 35.5. The van der Waals surface area contributed by atoms with Crippen molar-refractivity contribution in [2.24, 2.45) is 0 Å². The Morgan fingerprint density at radius 2 is 1.81 bits per heavy atom. The molecule has 2 aromatic carbocycles. The molecule has 2 aromatic rings. The van der Waals surface area contributed by atoms with Gasteiger partial charge in [0.05, 0.1) is 5.56 Å². The van der Waals surface area contributed by atoms with Gasteiger partial charge in [-0.3, -0.25) is 9.59 Å². The van der Waals surface area contributed by atoms with E-state index in [0.717, 1.165) is 12.5 Å². The van der Waals surface area contributed by atoms with Crippen LogP contribution in [0.4, 0.5) is 10.1 Å². The van der Waals surface area contributed by atoms with Crippen molar-refractivity contribution < 1.29 is 23.5 Å². The molecule has 0 bridgehead atoms. The predicted molar refractivity (Wildman–Crippen MR) is 101 cm³/mol. The number of hydrogen-bond donors (Lipinski definition) is 1. The van der Waals surface area contributed by atoms with Crippen molar-refractivity contribution in [1.29, 1.82) is 0 Å². The van der Waals surface area contributed by atoms with E-state index in [0.29, 0.717) is 17.7 Å². The van der Waals surface area contributed by atoms with E-state index in [1.54, 1.807) is 12.1 Å². The second kappa shape index (κ2) is 9.28. The number of ether oxygens (including phenoxy) is 1. The number of esters is 1. The molecular formula is C20H19ClFNO4. The fourth-order valence-electron chi connectivity index (χ4n) is 2.34. The summed E-state index contributed by atoms with van der Waals surface area (Å²) in [7, 11) is 0. The Kier molecular flexibility index (Phi) is 7.07. The SMILES string of the molecule is CCCC(=O)Nc1ccc(C(=O)[C@@H](C)OC(=O)c2ccc(Cl)cc2F)cc1. The van der Waals surface area contributed by atoms with Gasteiger partial charge in [-0.15, -0.1) is 0 Å². The van der Waals surface area contributed by atoms with E-state index in [-0.39, 0.29) is 16.5 Å². The van der Waals surface area contributed by atoms with Crippen LogP contribution in [0.25, 0.3) is 0 Å². The summed E-state index contributed by atoms with van der Waals surface area (Å²) in [6.07, 6.45) is 0.0436. The van der Waals surface area contributed by atoms with Crippen LogP contribution in [0.15, 0.2) is 42.5 Å². The van der Waals surface area contributed by atoms with Crippen LogP contribution < -0.4 is 5.32 Å². The Morgan fingerprint density at radius 1 is 1.15 bits per heavy atom. The molecule has 0 fully saturated rings. The normalized spacial score (nSPS) is 11.6. The van der Waals surface area contributed by atoms with Crippen LogP contribution in [0.5, 0.6) is 0 Å². The average Bonchev–Trinajstić information content (AvgIpc) is 2.61. The molecule has 142 valence electrons. The van der Waals surface area contributed by atoms with Crippen molar-refractivity contribution in [1.82, 2.24) is 0 Å². The first-order chi connectivity index (χ1) is 12.8. The van der Waals surface area contributed by atoms with Gasteiger partial charge in [0.1, 0.15) is 5.82 Å². The first-order valence-corrected chi connectivity index (χ1v) is 8.79. The maximum absolute atomic E-state index is 13.8. The van der Waals surface area contributed by atoms with Crippen molar-refractivity contribution in [3.05, 3.63) is 64.4 Å². The van der Waals surface area contributed by atoms with E-state index >= 15 is 0 Å². The van der Waals surface area contributed by atoms with E-state index < -0.39 is 23.7 Å². The van der Waals surface area contributed by atoms with Gasteiger partial charge in [0.2, 0.25) is 11.7 Å². The molecule has 0 spiro atoms. The molecule has 0 unspecified atom stereocenters. The number of carbonyl (C=O) groups is 3. The van der Waals surface area contributed by atoms with Gasteiger partial charge in [-0.25, -0.2) is 9.18 Å². The van der Waals surface area contributed by atoms with Gasteiger partial charge >= 0.3 is 5.97 Å². The summed E-state index contributed by atoms with van der Waals surface area (Å²) in [5.41, 5.74) is 0.575. The van der Waals surface area contributed by atoms with Crippen molar-refractivity contribution in [2.45, 2.75) is 32.8 Å². The summed E-state index contributed by atoms with van der Waals surface area (Å²) in [6.45, 7) is 3.31. The number of ketones is 1. The monoisotopic (exact) mass is 391 g/mol. The van der Waals surface area contributed by atoms with Gasteiger partial charge in [-0.1, -0.05) is 18.5 Å². The maximum Gasteiger partial charge on any atom is 0.341 e.